The Kier molecular flexibility index (Phi) is 8.93. The predicted molar refractivity (Wildman–Crippen MR) is 294 cm³/mol. The zero-order valence-electron chi connectivity index (χ0n) is 38.9. The standard InChI is InChI=1S/C67H46N2O/c1-67(2)57-28-11-5-21-49(57)50-39-36-45(42-58(50)67)43-34-37-46(38-35-43)68(59-29-12-6-22-51(59)48-27-17-19-44-18-3-4-20-47(44)48)63-41-40-55-54-25-10-16-33-64(54)70-66(55)65(63)56-26-9-15-32-62(56)69-60-30-13-7-23-52(60)53-24-8-14-31-61(53)69/h3-42H,1-2H3. The van der Waals surface area contributed by atoms with Crippen LogP contribution in [0.15, 0.2) is 247 Å². The van der Waals surface area contributed by atoms with E-state index >= 15 is 0 Å². The van der Waals surface area contributed by atoms with Crippen LogP contribution in [0.25, 0.3) is 105 Å². The Bertz CT molecular complexity index is 4170. The van der Waals surface area contributed by atoms with Crippen molar-refractivity contribution in [2.45, 2.75) is 19.3 Å². The first-order valence-electron chi connectivity index (χ1n) is 24.3. The molecule has 0 radical (unpaired) electrons. The van der Waals surface area contributed by atoms with Crippen LogP contribution in [-0.4, -0.2) is 4.57 Å². The molecule has 3 nitrogen and oxygen atoms in total. The molecule has 0 amide bonds. The molecular formula is C67H46N2O. The molecule has 0 saturated heterocycles. The van der Waals surface area contributed by atoms with Crippen molar-refractivity contribution < 1.29 is 4.42 Å². The molecule has 0 spiro atoms. The van der Waals surface area contributed by atoms with Gasteiger partial charge in [0.2, 0.25) is 0 Å². The number of rotatable bonds is 7. The lowest BCUT2D eigenvalue weighted by Gasteiger charge is -2.31. The lowest BCUT2D eigenvalue weighted by Crippen LogP contribution is -2.14. The van der Waals surface area contributed by atoms with Gasteiger partial charge >= 0.3 is 0 Å². The van der Waals surface area contributed by atoms with Crippen LogP contribution >= 0.6 is 0 Å². The summed E-state index contributed by atoms with van der Waals surface area (Å²) in [6.45, 7) is 4.71. The molecule has 330 valence electrons. The van der Waals surface area contributed by atoms with Gasteiger partial charge in [0.15, 0.2) is 0 Å². The molecule has 2 heterocycles. The lowest BCUT2D eigenvalue weighted by atomic mass is 9.81. The molecule has 0 atom stereocenters. The molecule has 0 aliphatic heterocycles. The van der Waals surface area contributed by atoms with Crippen LogP contribution in [0.5, 0.6) is 0 Å². The number of fused-ring (bicyclic) bond motifs is 10. The maximum absolute atomic E-state index is 7.14. The van der Waals surface area contributed by atoms with Crippen molar-refractivity contribution in [2.24, 2.45) is 0 Å². The van der Waals surface area contributed by atoms with Crippen molar-refractivity contribution in [2.75, 3.05) is 4.90 Å². The first-order chi connectivity index (χ1) is 34.5. The van der Waals surface area contributed by atoms with Crippen molar-refractivity contribution in [3.05, 3.63) is 254 Å². The van der Waals surface area contributed by atoms with Crippen molar-refractivity contribution in [1.82, 2.24) is 4.57 Å². The number of hydrogen-bond donors (Lipinski definition) is 0. The molecule has 70 heavy (non-hydrogen) atoms. The number of nitrogens with zero attached hydrogens (tertiary/aromatic N) is 2. The van der Waals surface area contributed by atoms with E-state index in [0.29, 0.717) is 0 Å². The van der Waals surface area contributed by atoms with E-state index in [2.05, 4.69) is 266 Å². The van der Waals surface area contributed by atoms with E-state index in [1.54, 1.807) is 0 Å². The second kappa shape index (κ2) is 15.6. The van der Waals surface area contributed by atoms with E-state index in [9.17, 15) is 0 Å². The molecule has 1 aliphatic carbocycles. The highest BCUT2D eigenvalue weighted by Gasteiger charge is 2.35. The van der Waals surface area contributed by atoms with E-state index in [1.807, 2.05) is 0 Å². The van der Waals surface area contributed by atoms with Crippen LogP contribution in [0.4, 0.5) is 17.1 Å². The topological polar surface area (TPSA) is 21.3 Å². The van der Waals surface area contributed by atoms with Gasteiger partial charge in [-0.25, -0.2) is 0 Å². The van der Waals surface area contributed by atoms with Gasteiger partial charge in [0.25, 0.3) is 0 Å². The smallest absolute Gasteiger partial charge is 0.145 e. The molecular weight excluding hydrogens is 849 g/mol. The molecule has 14 rings (SSSR count). The maximum atomic E-state index is 7.14. The zero-order valence-corrected chi connectivity index (χ0v) is 38.9. The molecule has 0 N–H and O–H groups in total. The Morgan fingerprint density at radius 3 is 1.77 bits per heavy atom. The Morgan fingerprint density at radius 2 is 0.971 bits per heavy atom. The van der Waals surface area contributed by atoms with Crippen LogP contribution in [-0.2, 0) is 5.41 Å². The second-order valence-electron chi connectivity index (χ2n) is 19.2. The minimum atomic E-state index is -0.0920. The van der Waals surface area contributed by atoms with E-state index < -0.39 is 0 Å². The number of anilines is 3. The van der Waals surface area contributed by atoms with E-state index in [4.69, 9.17) is 4.42 Å². The van der Waals surface area contributed by atoms with Gasteiger partial charge in [-0.2, -0.15) is 0 Å². The van der Waals surface area contributed by atoms with Crippen molar-refractivity contribution >= 4 is 71.6 Å². The number of benzene rings is 11. The first kappa shape index (κ1) is 40.2. The number of aromatic nitrogens is 1. The quantitative estimate of drug-likeness (QED) is 0.159. The van der Waals surface area contributed by atoms with Crippen LogP contribution < -0.4 is 4.90 Å². The van der Waals surface area contributed by atoms with Gasteiger partial charge in [0.05, 0.1) is 33.7 Å². The summed E-state index contributed by atoms with van der Waals surface area (Å²) in [7, 11) is 0. The fourth-order valence-electron chi connectivity index (χ4n) is 11.7. The molecule has 2 aromatic heterocycles. The van der Waals surface area contributed by atoms with Gasteiger partial charge in [-0.1, -0.05) is 196 Å². The number of furan rings is 1. The number of hydrogen-bond acceptors (Lipinski definition) is 2. The molecule has 3 heteroatoms. The van der Waals surface area contributed by atoms with Gasteiger partial charge in [-0.05, 0) is 110 Å². The van der Waals surface area contributed by atoms with Gasteiger partial charge < -0.3 is 13.9 Å². The summed E-state index contributed by atoms with van der Waals surface area (Å²) in [5.41, 5.74) is 20.3. The first-order valence-corrected chi connectivity index (χ1v) is 24.3. The van der Waals surface area contributed by atoms with Crippen molar-refractivity contribution in [3.8, 4) is 50.2 Å². The summed E-state index contributed by atoms with van der Waals surface area (Å²) in [5, 5.41) is 7.02. The lowest BCUT2D eigenvalue weighted by molar-refractivity contribution is 0.660. The van der Waals surface area contributed by atoms with E-state index in [0.717, 1.165) is 72.4 Å². The molecule has 0 unspecified atom stereocenters. The third-order valence-corrected chi connectivity index (χ3v) is 15.0. The molecule has 1 aliphatic rings. The Morgan fingerprint density at radius 1 is 0.386 bits per heavy atom. The predicted octanol–water partition coefficient (Wildman–Crippen LogP) is 18.6. The van der Waals surface area contributed by atoms with Crippen molar-refractivity contribution in [3.63, 3.8) is 0 Å². The molecule has 13 aromatic rings. The van der Waals surface area contributed by atoms with E-state index in [1.165, 1.54) is 60.5 Å². The van der Waals surface area contributed by atoms with E-state index in [-0.39, 0.29) is 5.41 Å². The van der Waals surface area contributed by atoms with Crippen LogP contribution in [0.2, 0.25) is 0 Å². The minimum absolute atomic E-state index is 0.0920. The zero-order chi connectivity index (χ0) is 46.5. The summed E-state index contributed by atoms with van der Waals surface area (Å²) in [5.74, 6) is 0. The maximum Gasteiger partial charge on any atom is 0.145 e. The average molecular weight is 895 g/mol. The Balaban J connectivity index is 1.04. The number of para-hydroxylation sites is 5. The normalized spacial score (nSPS) is 12.8. The van der Waals surface area contributed by atoms with Crippen LogP contribution in [0.3, 0.4) is 0 Å². The van der Waals surface area contributed by atoms with Gasteiger partial charge in [0, 0.05) is 43.8 Å². The molecule has 0 saturated carbocycles. The summed E-state index contributed by atoms with van der Waals surface area (Å²) in [6.07, 6.45) is 0. The minimum Gasteiger partial charge on any atom is -0.455 e. The fourth-order valence-corrected chi connectivity index (χ4v) is 11.7. The highest BCUT2D eigenvalue weighted by molar-refractivity contribution is 6.16. The van der Waals surface area contributed by atoms with Crippen molar-refractivity contribution in [1.29, 1.82) is 0 Å². The summed E-state index contributed by atoms with van der Waals surface area (Å²) in [6, 6.07) is 88.7. The van der Waals surface area contributed by atoms with Crippen LogP contribution in [0, 0.1) is 0 Å². The SMILES string of the molecule is CC1(C)c2ccccc2-c2ccc(-c3ccc(N(c4ccccc4-c4cccc5ccccc45)c4ccc5c(oc6ccccc65)c4-c4ccccc4-n4c5ccccc5c5ccccc54)cc3)cc21. The third-order valence-electron chi connectivity index (χ3n) is 15.0. The summed E-state index contributed by atoms with van der Waals surface area (Å²) < 4.78 is 9.57. The Hall–Kier alpha value is -8.92. The summed E-state index contributed by atoms with van der Waals surface area (Å²) in [4.78, 5) is 2.47. The second-order valence-corrected chi connectivity index (χ2v) is 19.2. The highest BCUT2D eigenvalue weighted by Crippen LogP contribution is 2.52. The average Bonchev–Trinajstić information content (AvgIpc) is 4.04. The molecule has 0 bridgehead atoms. The van der Waals surface area contributed by atoms with Gasteiger partial charge in [-0.15, -0.1) is 0 Å². The molecule has 11 aromatic carbocycles. The molecule has 0 fully saturated rings. The summed E-state index contributed by atoms with van der Waals surface area (Å²) >= 11 is 0. The van der Waals surface area contributed by atoms with Crippen LogP contribution in [0.1, 0.15) is 25.0 Å². The third kappa shape index (κ3) is 6.01. The van der Waals surface area contributed by atoms with Gasteiger partial charge in [-0.3, -0.25) is 0 Å². The Labute approximate surface area is 406 Å². The van der Waals surface area contributed by atoms with Gasteiger partial charge in [0.1, 0.15) is 11.2 Å². The largest absolute Gasteiger partial charge is 0.455 e. The highest BCUT2D eigenvalue weighted by atomic mass is 16.3. The fraction of sp³-hybridized carbons (Fsp3) is 0.0448. The monoisotopic (exact) mass is 894 g/mol.